The lowest BCUT2D eigenvalue weighted by Crippen LogP contribution is -2.52. The number of halogens is 2. The van der Waals surface area contributed by atoms with Crippen LogP contribution in [0.15, 0.2) is 24.4 Å². The van der Waals surface area contributed by atoms with Crippen molar-refractivity contribution >= 4 is 47.2 Å². The van der Waals surface area contributed by atoms with Crippen LogP contribution in [-0.4, -0.2) is 26.6 Å². The number of pyridine rings is 1. The first-order chi connectivity index (χ1) is 10.2. The van der Waals surface area contributed by atoms with Gasteiger partial charge in [-0.3, -0.25) is 15.1 Å². The van der Waals surface area contributed by atoms with Gasteiger partial charge in [-0.25, -0.2) is 0 Å². The quantitative estimate of drug-likeness (QED) is 0.859. The first kappa shape index (κ1) is 19.8. The molecule has 0 bridgehead atoms. The fraction of sp³-hybridized carbons (Fsp3) is 0.429. The van der Waals surface area contributed by atoms with Gasteiger partial charge in [0.2, 0.25) is 11.0 Å². The number of carbonyl (C=O) groups is 1. The summed E-state index contributed by atoms with van der Waals surface area (Å²) in [6.45, 7) is 0. The molecule has 23 heavy (non-hydrogen) atoms. The Morgan fingerprint density at radius 2 is 1.91 bits per heavy atom. The van der Waals surface area contributed by atoms with Gasteiger partial charge >= 0.3 is 0 Å². The summed E-state index contributed by atoms with van der Waals surface area (Å²) in [5.41, 5.74) is 6.18. The molecule has 2 aromatic rings. The molecule has 3 N–H and O–H groups in total. The third kappa shape index (κ3) is 4.60. The van der Waals surface area contributed by atoms with Gasteiger partial charge < -0.3 is 5.73 Å². The molecule has 0 unspecified atom stereocenters. The number of nitrogens with one attached hydrogen (secondary N) is 1. The second-order valence-electron chi connectivity index (χ2n) is 5.30. The number of aromatic nitrogens is 3. The van der Waals surface area contributed by atoms with Gasteiger partial charge in [-0.1, -0.05) is 36.7 Å². The van der Waals surface area contributed by atoms with E-state index in [2.05, 4.69) is 20.5 Å². The Hall–Kier alpha value is -1.28. The lowest BCUT2D eigenvalue weighted by molar-refractivity contribution is -0.122. The minimum Gasteiger partial charge on any atom is -0.317 e. The monoisotopic (exact) mass is 375 g/mol. The van der Waals surface area contributed by atoms with Gasteiger partial charge in [0.25, 0.3) is 0 Å². The lowest BCUT2D eigenvalue weighted by Gasteiger charge is -2.31. The van der Waals surface area contributed by atoms with Crippen LogP contribution in [-0.2, 0) is 4.79 Å². The zero-order chi connectivity index (χ0) is 14.7. The van der Waals surface area contributed by atoms with Crippen molar-refractivity contribution < 1.29 is 4.79 Å². The number of nitrogens with zero attached hydrogens (tertiary/aromatic N) is 3. The average Bonchev–Trinajstić information content (AvgIpc) is 2.97. The van der Waals surface area contributed by atoms with Gasteiger partial charge in [-0.2, -0.15) is 0 Å². The highest BCUT2D eigenvalue weighted by Crippen LogP contribution is 2.29. The molecule has 1 aliphatic rings. The molecule has 0 saturated heterocycles. The maximum absolute atomic E-state index is 12.3. The normalized spacial score (nSPS) is 15.9. The second kappa shape index (κ2) is 8.54. The summed E-state index contributed by atoms with van der Waals surface area (Å²) in [5, 5.41) is 12.0. The average molecular weight is 376 g/mol. The van der Waals surface area contributed by atoms with Gasteiger partial charge in [0.1, 0.15) is 5.69 Å². The zero-order valence-corrected chi connectivity index (χ0v) is 14.8. The van der Waals surface area contributed by atoms with Gasteiger partial charge in [-0.15, -0.1) is 35.0 Å². The van der Waals surface area contributed by atoms with E-state index >= 15 is 0 Å². The van der Waals surface area contributed by atoms with Crippen LogP contribution in [0.25, 0.3) is 10.7 Å². The van der Waals surface area contributed by atoms with E-state index < -0.39 is 5.54 Å². The lowest BCUT2D eigenvalue weighted by atomic mass is 9.82. The maximum Gasteiger partial charge on any atom is 0.246 e. The molecule has 0 atom stereocenters. The molecule has 126 valence electrons. The Balaban J connectivity index is 0.00000132. The first-order valence-corrected chi connectivity index (χ1v) is 7.84. The predicted octanol–water partition coefficient (Wildman–Crippen LogP) is 3.04. The maximum atomic E-state index is 12.3. The highest BCUT2D eigenvalue weighted by Gasteiger charge is 2.35. The SMILES string of the molecule is Cl.Cl.NC1(C(=O)Nc2nnc(-c3ccccn3)s2)CCCCC1. The molecule has 2 heterocycles. The summed E-state index contributed by atoms with van der Waals surface area (Å²) in [4.78, 5) is 16.5. The van der Waals surface area contributed by atoms with Crippen LogP contribution in [0, 0.1) is 0 Å². The fourth-order valence-corrected chi connectivity index (χ4v) is 3.21. The van der Waals surface area contributed by atoms with E-state index in [1.54, 1.807) is 6.20 Å². The highest BCUT2D eigenvalue weighted by molar-refractivity contribution is 7.18. The van der Waals surface area contributed by atoms with Crippen molar-refractivity contribution in [1.82, 2.24) is 15.2 Å². The van der Waals surface area contributed by atoms with Crippen molar-refractivity contribution in [3.8, 4) is 10.7 Å². The standard InChI is InChI=1S/C14H17N5OS.2ClH/c15-14(7-3-1-4-8-14)12(20)17-13-19-18-11(21-13)10-6-2-5-9-16-10;;/h2,5-6,9H,1,3-4,7-8,15H2,(H,17,19,20);2*1H. The van der Waals surface area contributed by atoms with E-state index in [4.69, 9.17) is 5.73 Å². The summed E-state index contributed by atoms with van der Waals surface area (Å²) in [6.07, 6.45) is 6.30. The number of anilines is 1. The van der Waals surface area contributed by atoms with Crippen LogP contribution in [0.3, 0.4) is 0 Å². The molecule has 1 amide bonds. The number of rotatable bonds is 3. The Bertz CT molecular complexity index is 631. The number of hydrogen-bond donors (Lipinski definition) is 2. The molecule has 0 radical (unpaired) electrons. The summed E-state index contributed by atoms with van der Waals surface area (Å²) < 4.78 is 0. The fourth-order valence-electron chi connectivity index (χ4n) is 2.50. The summed E-state index contributed by atoms with van der Waals surface area (Å²) in [6, 6.07) is 5.59. The van der Waals surface area contributed by atoms with Gasteiger partial charge in [-0.05, 0) is 25.0 Å². The van der Waals surface area contributed by atoms with Gasteiger partial charge in [0.15, 0.2) is 5.01 Å². The minimum absolute atomic E-state index is 0. The molecule has 1 aliphatic carbocycles. The number of carbonyl (C=O) groups excluding carboxylic acids is 1. The number of amides is 1. The van der Waals surface area contributed by atoms with Gasteiger partial charge in [0.05, 0.1) is 5.54 Å². The molecule has 1 fully saturated rings. The van der Waals surface area contributed by atoms with E-state index in [-0.39, 0.29) is 30.7 Å². The van der Waals surface area contributed by atoms with Crippen molar-refractivity contribution in [1.29, 1.82) is 0 Å². The van der Waals surface area contributed by atoms with E-state index in [1.165, 1.54) is 11.3 Å². The molecule has 0 spiro atoms. The summed E-state index contributed by atoms with van der Waals surface area (Å²) in [7, 11) is 0. The summed E-state index contributed by atoms with van der Waals surface area (Å²) >= 11 is 1.30. The van der Waals surface area contributed by atoms with E-state index in [9.17, 15) is 4.79 Å². The minimum atomic E-state index is -0.769. The zero-order valence-electron chi connectivity index (χ0n) is 12.4. The number of nitrogens with two attached hydrogens (primary N) is 1. The molecule has 0 aromatic carbocycles. The first-order valence-electron chi connectivity index (χ1n) is 7.03. The Morgan fingerprint density at radius 3 is 2.57 bits per heavy atom. The Kier molecular flexibility index (Phi) is 7.34. The second-order valence-corrected chi connectivity index (χ2v) is 6.28. The topological polar surface area (TPSA) is 93.8 Å². The van der Waals surface area contributed by atoms with Crippen molar-refractivity contribution in [2.75, 3.05) is 5.32 Å². The van der Waals surface area contributed by atoms with E-state index in [0.717, 1.165) is 37.8 Å². The Morgan fingerprint density at radius 1 is 1.17 bits per heavy atom. The van der Waals surface area contributed by atoms with Gasteiger partial charge in [0, 0.05) is 6.20 Å². The van der Waals surface area contributed by atoms with Crippen molar-refractivity contribution in [3.63, 3.8) is 0 Å². The van der Waals surface area contributed by atoms with Crippen LogP contribution < -0.4 is 11.1 Å². The van der Waals surface area contributed by atoms with Crippen molar-refractivity contribution in [3.05, 3.63) is 24.4 Å². The molecular formula is C14H19Cl2N5OS. The molecule has 0 aliphatic heterocycles. The summed E-state index contributed by atoms with van der Waals surface area (Å²) in [5.74, 6) is -0.161. The molecule has 6 nitrogen and oxygen atoms in total. The van der Waals surface area contributed by atoms with Crippen LogP contribution in [0.5, 0.6) is 0 Å². The predicted molar refractivity (Wildman–Crippen MR) is 96.3 cm³/mol. The molecule has 3 rings (SSSR count). The molecular weight excluding hydrogens is 357 g/mol. The largest absolute Gasteiger partial charge is 0.317 e. The number of hydrogen-bond acceptors (Lipinski definition) is 6. The third-order valence-corrected chi connectivity index (χ3v) is 4.59. The highest BCUT2D eigenvalue weighted by atomic mass is 35.5. The third-order valence-electron chi connectivity index (χ3n) is 3.73. The van der Waals surface area contributed by atoms with E-state index in [1.807, 2.05) is 18.2 Å². The van der Waals surface area contributed by atoms with Crippen LogP contribution >= 0.6 is 36.2 Å². The Labute approximate surface area is 151 Å². The van der Waals surface area contributed by atoms with E-state index in [0.29, 0.717) is 10.1 Å². The van der Waals surface area contributed by atoms with Crippen LogP contribution in [0.4, 0.5) is 5.13 Å². The van der Waals surface area contributed by atoms with Crippen molar-refractivity contribution in [2.24, 2.45) is 5.73 Å². The smallest absolute Gasteiger partial charge is 0.246 e. The van der Waals surface area contributed by atoms with Crippen molar-refractivity contribution in [2.45, 2.75) is 37.6 Å². The van der Waals surface area contributed by atoms with Crippen LogP contribution in [0.2, 0.25) is 0 Å². The molecule has 9 heteroatoms. The molecule has 2 aromatic heterocycles. The van der Waals surface area contributed by atoms with Crippen LogP contribution in [0.1, 0.15) is 32.1 Å². The molecule has 1 saturated carbocycles.